The van der Waals surface area contributed by atoms with E-state index in [4.69, 9.17) is 5.73 Å². The number of carbonyl (C=O) groups excluding carboxylic acids is 3. The van der Waals surface area contributed by atoms with Crippen molar-refractivity contribution in [3.8, 4) is 0 Å². The van der Waals surface area contributed by atoms with Gasteiger partial charge in [0.2, 0.25) is 18.2 Å². The lowest BCUT2D eigenvalue weighted by molar-refractivity contribution is -0.150. The number of β-lactam (4-membered cyclic amide) rings is 1. The van der Waals surface area contributed by atoms with Gasteiger partial charge >= 0.3 is 0 Å². The average Bonchev–Trinajstić information content (AvgIpc) is 2.86. The summed E-state index contributed by atoms with van der Waals surface area (Å²) in [6, 6.07) is 12.9. The summed E-state index contributed by atoms with van der Waals surface area (Å²) in [5, 5.41) is 2.74. The predicted octanol–water partition coefficient (Wildman–Crippen LogP) is 3.17. The van der Waals surface area contributed by atoms with Crippen LogP contribution in [0.1, 0.15) is 44.1 Å². The summed E-state index contributed by atoms with van der Waals surface area (Å²) in [6.07, 6.45) is 9.53. The average molecular weight is 468 g/mol. The van der Waals surface area contributed by atoms with Gasteiger partial charge in [-0.2, -0.15) is 0 Å². The number of nitrogens with one attached hydrogen (secondary N) is 1. The number of aromatic nitrogens is 1. The molecule has 1 aromatic heterocycles. The molecule has 2 heterocycles. The number of nitrogens with two attached hydrogens (primary N) is 1. The van der Waals surface area contributed by atoms with Crippen LogP contribution in [0.2, 0.25) is 0 Å². The molecule has 4 rings (SSSR count). The number of amides is 3. The molecule has 3 amide bonds. The van der Waals surface area contributed by atoms with Crippen molar-refractivity contribution in [1.29, 1.82) is 0 Å². The van der Waals surface area contributed by atoms with Crippen molar-refractivity contribution in [1.82, 2.24) is 15.2 Å². The summed E-state index contributed by atoms with van der Waals surface area (Å²) < 4.78 is 0. The molecule has 1 aromatic carbocycles. The highest BCUT2D eigenvalue weighted by molar-refractivity contribution is 6.04. The highest BCUT2D eigenvalue weighted by Crippen LogP contribution is 2.23. The molecule has 1 saturated carbocycles. The van der Waals surface area contributed by atoms with Crippen molar-refractivity contribution in [2.45, 2.75) is 51.5 Å². The van der Waals surface area contributed by atoms with Gasteiger partial charge in [0, 0.05) is 32.5 Å². The van der Waals surface area contributed by atoms with Crippen LogP contribution in [-0.4, -0.2) is 54.8 Å². The van der Waals surface area contributed by atoms with Crippen LogP contribution in [-0.2, 0) is 14.4 Å². The molecular weight excluding hydrogens is 430 g/mol. The molecule has 8 nitrogen and oxygen atoms in total. The monoisotopic (exact) mass is 467 g/mol. The van der Waals surface area contributed by atoms with Gasteiger partial charge in [-0.1, -0.05) is 37.5 Å². The molecule has 3 N–H and O–H groups in total. The van der Waals surface area contributed by atoms with E-state index in [9.17, 15) is 14.4 Å². The van der Waals surface area contributed by atoms with Gasteiger partial charge < -0.3 is 20.9 Å². The fourth-order valence-corrected chi connectivity index (χ4v) is 3.93. The maximum absolute atomic E-state index is 12.0. The third kappa shape index (κ3) is 8.50. The van der Waals surface area contributed by atoms with E-state index in [1.54, 1.807) is 25.2 Å². The number of anilines is 2. The van der Waals surface area contributed by atoms with Crippen molar-refractivity contribution < 1.29 is 14.4 Å². The fraction of sp³-hybridized carbons (Fsp3) is 0.462. The Bertz CT molecular complexity index is 898. The van der Waals surface area contributed by atoms with Gasteiger partial charge in [0.25, 0.3) is 0 Å². The quantitative estimate of drug-likeness (QED) is 0.519. The van der Waals surface area contributed by atoms with Crippen molar-refractivity contribution >= 4 is 29.7 Å². The summed E-state index contributed by atoms with van der Waals surface area (Å²) in [5.74, 6) is 1.34. The van der Waals surface area contributed by atoms with Crippen LogP contribution in [0.15, 0.2) is 48.7 Å². The molecule has 1 aliphatic heterocycles. The molecule has 1 saturated heterocycles. The zero-order chi connectivity index (χ0) is 24.9. The minimum Gasteiger partial charge on any atom is -0.384 e. The normalized spacial score (nSPS) is 17.2. The number of hydrogen-bond donors (Lipinski definition) is 2. The molecule has 1 unspecified atom stereocenters. The summed E-state index contributed by atoms with van der Waals surface area (Å²) in [6.45, 7) is 2.88. The molecule has 2 fully saturated rings. The van der Waals surface area contributed by atoms with E-state index in [1.165, 1.54) is 37.0 Å². The summed E-state index contributed by atoms with van der Waals surface area (Å²) in [5.41, 5.74) is 7.35. The molecule has 184 valence electrons. The lowest BCUT2D eigenvalue weighted by Crippen LogP contribution is -2.57. The summed E-state index contributed by atoms with van der Waals surface area (Å²) >= 11 is 0. The number of carbonyl (C=O) groups is 3. The first-order valence-electron chi connectivity index (χ1n) is 11.8. The van der Waals surface area contributed by atoms with Gasteiger partial charge in [0.15, 0.2) is 0 Å². The SMILES string of the molecule is CN(C(=O)C1CC(=O)N1C)c1ccccc1.Cc1ccnc(N)c1.O=CNCC1CCCCC1. The Morgan fingerprint density at radius 3 is 2.38 bits per heavy atom. The van der Waals surface area contributed by atoms with Crippen molar-refractivity contribution in [2.75, 3.05) is 31.3 Å². The highest BCUT2D eigenvalue weighted by Gasteiger charge is 2.39. The van der Waals surface area contributed by atoms with Crippen LogP contribution in [0.5, 0.6) is 0 Å². The first-order chi connectivity index (χ1) is 16.3. The predicted molar refractivity (Wildman–Crippen MR) is 135 cm³/mol. The highest BCUT2D eigenvalue weighted by atomic mass is 16.2. The van der Waals surface area contributed by atoms with Gasteiger partial charge in [-0.3, -0.25) is 14.4 Å². The Balaban J connectivity index is 0.000000195. The molecule has 2 aliphatic rings. The third-order valence-electron chi connectivity index (χ3n) is 6.14. The Hall–Kier alpha value is -3.42. The van der Waals surface area contributed by atoms with E-state index < -0.39 is 0 Å². The van der Waals surface area contributed by atoms with Crippen LogP contribution in [0, 0.1) is 12.8 Å². The number of hydrogen-bond acceptors (Lipinski definition) is 5. The zero-order valence-corrected chi connectivity index (χ0v) is 20.4. The molecule has 0 radical (unpaired) electrons. The van der Waals surface area contributed by atoms with Gasteiger partial charge in [0.1, 0.15) is 11.9 Å². The molecule has 1 atom stereocenters. The molecule has 0 bridgehead atoms. The standard InChI is InChI=1S/C12H14N2O2.C8H15NO.C6H8N2/c1-13(9-6-4-3-5-7-9)12(16)10-8-11(15)14(10)2;10-7-9-6-8-4-2-1-3-5-8;1-5-2-3-8-6(7)4-5/h3-7,10H,8H2,1-2H3;7-8H,1-6H2,(H,9,10);2-4H,1H3,(H2,7,8). The van der Waals surface area contributed by atoms with E-state index in [1.807, 2.05) is 49.4 Å². The molecule has 0 spiro atoms. The van der Waals surface area contributed by atoms with E-state index in [-0.39, 0.29) is 17.9 Å². The van der Waals surface area contributed by atoms with Gasteiger partial charge in [-0.15, -0.1) is 0 Å². The van der Waals surface area contributed by atoms with Crippen molar-refractivity contribution in [2.24, 2.45) is 5.92 Å². The molecule has 8 heteroatoms. The molecule has 34 heavy (non-hydrogen) atoms. The van der Waals surface area contributed by atoms with Crippen LogP contribution in [0.3, 0.4) is 0 Å². The van der Waals surface area contributed by atoms with E-state index in [0.29, 0.717) is 12.2 Å². The number of likely N-dealkylation sites (tertiary alicyclic amines) is 1. The number of pyridine rings is 1. The minimum atomic E-state index is -0.294. The second-order valence-corrected chi connectivity index (χ2v) is 8.75. The lowest BCUT2D eigenvalue weighted by Gasteiger charge is -2.38. The fourth-order valence-electron chi connectivity index (χ4n) is 3.93. The lowest BCUT2D eigenvalue weighted by atomic mass is 9.89. The molecular formula is C26H37N5O3. The zero-order valence-electron chi connectivity index (χ0n) is 20.4. The maximum Gasteiger partial charge on any atom is 0.250 e. The summed E-state index contributed by atoms with van der Waals surface area (Å²) in [7, 11) is 3.39. The first kappa shape index (κ1) is 26.8. The number of nitrogens with zero attached hydrogens (tertiary/aromatic N) is 3. The second kappa shape index (κ2) is 14.0. The Kier molecular flexibility index (Phi) is 11.0. The number of aryl methyl sites for hydroxylation is 1. The smallest absolute Gasteiger partial charge is 0.250 e. The Morgan fingerprint density at radius 1 is 1.21 bits per heavy atom. The Morgan fingerprint density at radius 2 is 1.88 bits per heavy atom. The summed E-state index contributed by atoms with van der Waals surface area (Å²) in [4.78, 5) is 39.9. The van der Waals surface area contributed by atoms with Crippen LogP contribution < -0.4 is 16.0 Å². The van der Waals surface area contributed by atoms with Gasteiger partial charge in [-0.05, 0) is 55.5 Å². The number of benzene rings is 1. The van der Waals surface area contributed by atoms with E-state index >= 15 is 0 Å². The van der Waals surface area contributed by atoms with Crippen LogP contribution in [0.4, 0.5) is 11.5 Å². The van der Waals surface area contributed by atoms with Crippen molar-refractivity contribution in [3.05, 3.63) is 54.2 Å². The first-order valence-corrected chi connectivity index (χ1v) is 11.8. The van der Waals surface area contributed by atoms with Gasteiger partial charge in [0.05, 0.1) is 6.42 Å². The van der Waals surface area contributed by atoms with E-state index in [2.05, 4.69) is 10.3 Å². The number of rotatable bonds is 5. The molecule has 2 aromatic rings. The number of likely N-dealkylation sites (N-methyl/N-ethyl adjacent to an activating group) is 2. The minimum absolute atomic E-state index is 0.0276. The number of nitrogen functional groups attached to an aromatic ring is 1. The van der Waals surface area contributed by atoms with Crippen LogP contribution >= 0.6 is 0 Å². The Labute approximate surface area is 202 Å². The van der Waals surface area contributed by atoms with Crippen LogP contribution in [0.25, 0.3) is 0 Å². The molecule has 1 aliphatic carbocycles. The third-order valence-corrected chi connectivity index (χ3v) is 6.14. The number of para-hydroxylation sites is 1. The maximum atomic E-state index is 12.0. The van der Waals surface area contributed by atoms with Gasteiger partial charge in [-0.25, -0.2) is 4.98 Å². The van der Waals surface area contributed by atoms with E-state index in [0.717, 1.165) is 30.1 Å². The topological polar surface area (TPSA) is 109 Å². The largest absolute Gasteiger partial charge is 0.384 e. The van der Waals surface area contributed by atoms with Crippen molar-refractivity contribution in [3.63, 3.8) is 0 Å². The second-order valence-electron chi connectivity index (χ2n) is 8.75.